The summed E-state index contributed by atoms with van der Waals surface area (Å²) in [6.45, 7) is 0. The van der Waals surface area contributed by atoms with Crippen LogP contribution in [0.4, 0.5) is 5.82 Å². The highest BCUT2D eigenvalue weighted by Gasteiger charge is 2.01. The number of nitro groups is 1. The minimum Gasteiger partial charge on any atom is -0.358 e. The Balaban J connectivity index is 2.98. The average molecular weight is 125 g/mol. The van der Waals surface area contributed by atoms with Crippen molar-refractivity contribution < 1.29 is 4.92 Å². The van der Waals surface area contributed by atoms with Crippen LogP contribution in [0.25, 0.3) is 0 Å². The molecule has 0 unspecified atom stereocenters. The first-order valence-electron chi connectivity index (χ1n) is 2.21. The molecule has 1 aromatic rings. The SMILES string of the molecule is O=[N+]([O-])c1cnccn1. The third-order valence-electron chi connectivity index (χ3n) is 0.737. The van der Waals surface area contributed by atoms with Gasteiger partial charge in [0.1, 0.15) is 6.20 Å². The normalized spacial score (nSPS) is 8.89. The van der Waals surface area contributed by atoms with Gasteiger partial charge in [0, 0.05) is 0 Å². The second-order valence-corrected chi connectivity index (χ2v) is 1.32. The molecule has 46 valence electrons. The molecule has 0 saturated heterocycles. The van der Waals surface area contributed by atoms with Crippen molar-refractivity contribution in [2.45, 2.75) is 0 Å². The molecule has 0 aliphatic rings. The van der Waals surface area contributed by atoms with Crippen molar-refractivity contribution in [3.05, 3.63) is 28.7 Å². The predicted molar refractivity (Wildman–Crippen MR) is 28.7 cm³/mol. The molecule has 5 heteroatoms. The Morgan fingerprint density at radius 1 is 1.56 bits per heavy atom. The van der Waals surface area contributed by atoms with Crippen molar-refractivity contribution in [3.8, 4) is 0 Å². The maximum absolute atomic E-state index is 9.90. The third kappa shape index (κ3) is 1.18. The van der Waals surface area contributed by atoms with Gasteiger partial charge >= 0.3 is 5.82 Å². The molecule has 0 amide bonds. The van der Waals surface area contributed by atoms with E-state index in [1.807, 2.05) is 0 Å². The Hall–Kier alpha value is -1.52. The summed E-state index contributed by atoms with van der Waals surface area (Å²) in [5, 5.41) is 9.90. The van der Waals surface area contributed by atoms with Gasteiger partial charge in [0.25, 0.3) is 0 Å². The fourth-order valence-corrected chi connectivity index (χ4v) is 0.386. The van der Waals surface area contributed by atoms with Crippen LogP contribution < -0.4 is 0 Å². The summed E-state index contributed by atoms with van der Waals surface area (Å²) < 4.78 is 0. The van der Waals surface area contributed by atoms with Gasteiger partial charge in [-0.3, -0.25) is 4.98 Å². The lowest BCUT2D eigenvalue weighted by molar-refractivity contribution is -0.389. The van der Waals surface area contributed by atoms with E-state index in [4.69, 9.17) is 0 Å². The summed E-state index contributed by atoms with van der Waals surface area (Å²) >= 11 is 0. The summed E-state index contributed by atoms with van der Waals surface area (Å²) in [5.41, 5.74) is 0. The predicted octanol–water partition coefficient (Wildman–Crippen LogP) is 0.385. The van der Waals surface area contributed by atoms with E-state index in [0.717, 1.165) is 6.20 Å². The van der Waals surface area contributed by atoms with Crippen LogP contribution in [0, 0.1) is 10.1 Å². The maximum Gasteiger partial charge on any atom is 0.381 e. The molecule has 1 aromatic heterocycles. The highest BCUT2D eigenvalue weighted by Crippen LogP contribution is 1.98. The fourth-order valence-electron chi connectivity index (χ4n) is 0.386. The Bertz CT molecular complexity index is 210. The highest BCUT2D eigenvalue weighted by molar-refractivity contribution is 5.09. The quantitative estimate of drug-likeness (QED) is 0.402. The Labute approximate surface area is 50.5 Å². The van der Waals surface area contributed by atoms with E-state index < -0.39 is 4.92 Å². The van der Waals surface area contributed by atoms with Gasteiger partial charge in [-0.25, -0.2) is 0 Å². The van der Waals surface area contributed by atoms with Gasteiger partial charge in [-0.15, -0.1) is 0 Å². The molecule has 1 heterocycles. The summed E-state index contributed by atoms with van der Waals surface area (Å²) in [6.07, 6.45) is 3.76. The lowest BCUT2D eigenvalue weighted by atomic mass is 10.7. The number of hydrogen-bond acceptors (Lipinski definition) is 4. The molecule has 0 aliphatic heterocycles. The van der Waals surface area contributed by atoms with Crippen LogP contribution in [-0.4, -0.2) is 14.9 Å². The first kappa shape index (κ1) is 5.61. The van der Waals surface area contributed by atoms with Gasteiger partial charge in [-0.2, -0.15) is 0 Å². The molecule has 9 heavy (non-hydrogen) atoms. The second kappa shape index (κ2) is 2.17. The van der Waals surface area contributed by atoms with Crippen molar-refractivity contribution in [1.29, 1.82) is 0 Å². The largest absolute Gasteiger partial charge is 0.381 e. The number of hydrogen-bond donors (Lipinski definition) is 0. The van der Waals surface area contributed by atoms with Gasteiger partial charge in [0.05, 0.1) is 6.20 Å². The molecule has 0 N–H and O–H groups in total. The molecule has 0 spiro atoms. The molecule has 0 fully saturated rings. The zero-order chi connectivity index (χ0) is 6.69. The van der Waals surface area contributed by atoms with Crippen LogP contribution in [0.2, 0.25) is 0 Å². The zero-order valence-corrected chi connectivity index (χ0v) is 4.39. The van der Waals surface area contributed by atoms with Crippen molar-refractivity contribution in [2.75, 3.05) is 0 Å². The van der Waals surface area contributed by atoms with Gasteiger partial charge in [-0.05, 0) is 9.91 Å². The van der Waals surface area contributed by atoms with Crippen molar-refractivity contribution >= 4 is 5.82 Å². The molecule has 0 bridgehead atoms. The van der Waals surface area contributed by atoms with Gasteiger partial charge < -0.3 is 10.1 Å². The van der Waals surface area contributed by atoms with Gasteiger partial charge in [-0.1, -0.05) is 0 Å². The zero-order valence-electron chi connectivity index (χ0n) is 4.39. The Morgan fingerprint density at radius 2 is 2.33 bits per heavy atom. The van der Waals surface area contributed by atoms with Gasteiger partial charge in [0.15, 0.2) is 6.20 Å². The number of rotatable bonds is 1. The lowest BCUT2D eigenvalue weighted by Gasteiger charge is -1.85. The molecular weight excluding hydrogens is 122 g/mol. The van der Waals surface area contributed by atoms with E-state index in [2.05, 4.69) is 9.97 Å². The first-order valence-corrected chi connectivity index (χ1v) is 2.21. The minimum absolute atomic E-state index is 0.225. The standard InChI is InChI=1S/C4H3N3O2/c8-7(9)4-3-5-1-2-6-4/h1-3H. The lowest BCUT2D eigenvalue weighted by Crippen LogP contribution is -1.90. The van der Waals surface area contributed by atoms with E-state index in [0.29, 0.717) is 0 Å². The van der Waals surface area contributed by atoms with Crippen LogP contribution in [0.3, 0.4) is 0 Å². The van der Waals surface area contributed by atoms with Crippen LogP contribution >= 0.6 is 0 Å². The van der Waals surface area contributed by atoms with E-state index in [9.17, 15) is 10.1 Å². The molecule has 5 nitrogen and oxygen atoms in total. The molecular formula is C4H3N3O2. The van der Waals surface area contributed by atoms with Crippen molar-refractivity contribution in [1.82, 2.24) is 9.97 Å². The smallest absolute Gasteiger partial charge is 0.358 e. The van der Waals surface area contributed by atoms with Crippen molar-refractivity contribution in [2.24, 2.45) is 0 Å². The Kier molecular flexibility index (Phi) is 1.35. The highest BCUT2D eigenvalue weighted by atomic mass is 16.6. The van der Waals surface area contributed by atoms with Crippen LogP contribution in [-0.2, 0) is 0 Å². The van der Waals surface area contributed by atoms with E-state index in [1.165, 1.54) is 12.4 Å². The molecule has 0 aromatic carbocycles. The van der Waals surface area contributed by atoms with E-state index in [-0.39, 0.29) is 5.82 Å². The van der Waals surface area contributed by atoms with Crippen molar-refractivity contribution in [3.63, 3.8) is 0 Å². The second-order valence-electron chi connectivity index (χ2n) is 1.32. The average Bonchev–Trinajstić information content (AvgIpc) is 1.90. The summed E-state index contributed by atoms with van der Waals surface area (Å²) in [7, 11) is 0. The van der Waals surface area contributed by atoms with Gasteiger partial charge in [0.2, 0.25) is 0 Å². The first-order chi connectivity index (χ1) is 4.30. The third-order valence-corrected chi connectivity index (χ3v) is 0.737. The van der Waals surface area contributed by atoms with Crippen LogP contribution in [0.5, 0.6) is 0 Å². The topological polar surface area (TPSA) is 68.9 Å². The monoisotopic (exact) mass is 125 g/mol. The number of aromatic nitrogens is 2. The van der Waals surface area contributed by atoms with Crippen LogP contribution in [0.1, 0.15) is 0 Å². The minimum atomic E-state index is -0.590. The molecule has 1 rings (SSSR count). The molecule has 0 aliphatic carbocycles. The summed E-state index contributed by atoms with van der Waals surface area (Å²) in [4.78, 5) is 16.2. The number of nitrogens with zero attached hydrogens (tertiary/aromatic N) is 3. The Morgan fingerprint density at radius 3 is 2.67 bits per heavy atom. The summed E-state index contributed by atoms with van der Waals surface area (Å²) in [5.74, 6) is -0.225. The van der Waals surface area contributed by atoms with Crippen LogP contribution in [0.15, 0.2) is 18.6 Å². The molecule has 0 radical (unpaired) electrons. The molecule has 0 saturated carbocycles. The van der Waals surface area contributed by atoms with E-state index in [1.54, 1.807) is 0 Å². The summed E-state index contributed by atoms with van der Waals surface area (Å²) in [6, 6.07) is 0. The maximum atomic E-state index is 9.90. The molecule has 0 atom stereocenters. The fraction of sp³-hybridized carbons (Fsp3) is 0. The van der Waals surface area contributed by atoms with E-state index >= 15 is 0 Å².